The Kier molecular flexibility index (Phi) is 4.99. The third-order valence-corrected chi connectivity index (χ3v) is 4.14. The van der Waals surface area contributed by atoms with Crippen LogP contribution in [0.2, 0.25) is 0 Å². The van der Waals surface area contributed by atoms with Crippen LogP contribution in [0.15, 0.2) is 18.3 Å². The average molecular weight is 275 g/mol. The summed E-state index contributed by atoms with van der Waals surface area (Å²) in [7, 11) is 1.91. The largest absolute Gasteiger partial charge is 0.385 e. The molecule has 0 spiro atoms. The van der Waals surface area contributed by atoms with Crippen LogP contribution in [-0.4, -0.2) is 35.4 Å². The van der Waals surface area contributed by atoms with Crippen LogP contribution in [0.1, 0.15) is 50.0 Å². The molecule has 1 aliphatic carbocycles. The smallest absolute Gasteiger partial charge is 0.272 e. The molecule has 1 aromatic rings. The molecule has 0 radical (unpaired) electrons. The van der Waals surface area contributed by atoms with Crippen molar-refractivity contribution >= 4 is 11.6 Å². The fourth-order valence-electron chi connectivity index (χ4n) is 2.96. The normalized spacial score (nSPS) is 22.4. The Morgan fingerprint density at radius 1 is 1.50 bits per heavy atom. The molecule has 0 bridgehead atoms. The molecule has 1 N–H and O–H groups in total. The maximum absolute atomic E-state index is 12.5. The molecule has 110 valence electrons. The lowest BCUT2D eigenvalue weighted by atomic mass is 9.86. The second-order valence-corrected chi connectivity index (χ2v) is 5.80. The highest BCUT2D eigenvalue weighted by Gasteiger charge is 2.26. The number of hydrogen-bond donors (Lipinski definition) is 1. The third-order valence-electron chi connectivity index (χ3n) is 4.14. The van der Waals surface area contributed by atoms with Crippen molar-refractivity contribution in [3.63, 3.8) is 0 Å². The molecule has 2 rings (SSSR count). The monoisotopic (exact) mass is 275 g/mol. The molecule has 0 aliphatic heterocycles. The van der Waals surface area contributed by atoms with Gasteiger partial charge in [0.25, 0.3) is 5.91 Å². The van der Waals surface area contributed by atoms with Gasteiger partial charge in [-0.15, -0.1) is 0 Å². The maximum Gasteiger partial charge on any atom is 0.272 e. The van der Waals surface area contributed by atoms with Crippen molar-refractivity contribution in [3.05, 3.63) is 24.0 Å². The van der Waals surface area contributed by atoms with Gasteiger partial charge in [0.1, 0.15) is 5.69 Å². The molecule has 1 saturated carbocycles. The van der Waals surface area contributed by atoms with E-state index in [1.54, 1.807) is 6.20 Å². The van der Waals surface area contributed by atoms with E-state index in [0.717, 1.165) is 25.1 Å². The van der Waals surface area contributed by atoms with Gasteiger partial charge in [0.15, 0.2) is 0 Å². The minimum absolute atomic E-state index is 0.0313. The number of aromatic nitrogens is 1. The van der Waals surface area contributed by atoms with Gasteiger partial charge in [-0.25, -0.2) is 0 Å². The molecule has 20 heavy (non-hydrogen) atoms. The van der Waals surface area contributed by atoms with Gasteiger partial charge in [0, 0.05) is 31.5 Å². The van der Waals surface area contributed by atoms with Crippen LogP contribution < -0.4 is 5.32 Å². The lowest BCUT2D eigenvalue weighted by Gasteiger charge is -2.34. The van der Waals surface area contributed by atoms with Gasteiger partial charge in [0.2, 0.25) is 0 Å². The summed E-state index contributed by atoms with van der Waals surface area (Å²) in [6.45, 7) is 5.15. The van der Waals surface area contributed by atoms with Crippen LogP contribution in [0.25, 0.3) is 0 Å². The number of carbonyl (C=O) groups excluding carboxylic acids is 1. The number of nitrogens with one attached hydrogen (secondary N) is 1. The predicted octanol–water partition coefficient (Wildman–Crippen LogP) is 3.16. The summed E-state index contributed by atoms with van der Waals surface area (Å²) in [5, 5.41) is 3.22. The van der Waals surface area contributed by atoms with Crippen LogP contribution in [0.4, 0.5) is 5.69 Å². The zero-order valence-corrected chi connectivity index (χ0v) is 12.7. The van der Waals surface area contributed by atoms with Gasteiger partial charge in [-0.05, 0) is 37.8 Å². The molecule has 2 atom stereocenters. The number of rotatable bonds is 4. The van der Waals surface area contributed by atoms with Crippen molar-refractivity contribution < 1.29 is 4.79 Å². The van der Waals surface area contributed by atoms with Crippen molar-refractivity contribution in [3.8, 4) is 0 Å². The molecule has 1 aromatic heterocycles. The molecule has 4 nitrogen and oxygen atoms in total. The van der Waals surface area contributed by atoms with E-state index < -0.39 is 0 Å². The van der Waals surface area contributed by atoms with Crippen LogP contribution in [0, 0.1) is 5.92 Å². The van der Waals surface area contributed by atoms with E-state index in [1.807, 2.05) is 31.0 Å². The first-order chi connectivity index (χ1) is 9.61. The molecule has 1 fully saturated rings. The summed E-state index contributed by atoms with van der Waals surface area (Å²) in [5.41, 5.74) is 1.49. The van der Waals surface area contributed by atoms with Gasteiger partial charge in [-0.1, -0.05) is 19.8 Å². The minimum atomic E-state index is 0.0313. The fourth-order valence-corrected chi connectivity index (χ4v) is 2.96. The highest BCUT2D eigenvalue weighted by Crippen LogP contribution is 2.27. The quantitative estimate of drug-likeness (QED) is 0.918. The third kappa shape index (κ3) is 3.50. The van der Waals surface area contributed by atoms with E-state index in [0.29, 0.717) is 17.7 Å². The van der Waals surface area contributed by atoms with E-state index in [4.69, 9.17) is 0 Å². The standard InChI is InChI=1S/C16H25N3O/c1-4-17-13-8-9-18-15(11-13)16(20)19(3)14-7-5-6-12(2)10-14/h8-9,11-12,14H,4-7,10H2,1-3H3,(H,17,18). The molecule has 1 heterocycles. The molecule has 2 unspecified atom stereocenters. The SMILES string of the molecule is CCNc1ccnc(C(=O)N(C)C2CCCC(C)C2)c1. The van der Waals surface area contributed by atoms with Gasteiger partial charge < -0.3 is 10.2 Å². The summed E-state index contributed by atoms with van der Waals surface area (Å²) in [6.07, 6.45) is 6.41. The summed E-state index contributed by atoms with van der Waals surface area (Å²) in [6, 6.07) is 4.09. The maximum atomic E-state index is 12.5. The zero-order valence-electron chi connectivity index (χ0n) is 12.7. The minimum Gasteiger partial charge on any atom is -0.385 e. The predicted molar refractivity (Wildman–Crippen MR) is 81.9 cm³/mol. The number of pyridine rings is 1. The summed E-state index contributed by atoms with van der Waals surface area (Å²) < 4.78 is 0. The lowest BCUT2D eigenvalue weighted by Crippen LogP contribution is -2.40. The van der Waals surface area contributed by atoms with E-state index in [-0.39, 0.29) is 5.91 Å². The summed E-state index contributed by atoms with van der Waals surface area (Å²) >= 11 is 0. The van der Waals surface area contributed by atoms with Gasteiger partial charge >= 0.3 is 0 Å². The molecular weight excluding hydrogens is 250 g/mol. The molecule has 1 amide bonds. The van der Waals surface area contributed by atoms with Crippen LogP contribution in [-0.2, 0) is 0 Å². The number of carbonyl (C=O) groups is 1. The fraction of sp³-hybridized carbons (Fsp3) is 0.625. The first kappa shape index (κ1) is 14.8. The number of hydrogen-bond acceptors (Lipinski definition) is 3. The van der Waals surface area contributed by atoms with E-state index in [2.05, 4.69) is 17.2 Å². The Morgan fingerprint density at radius 3 is 3.00 bits per heavy atom. The van der Waals surface area contributed by atoms with Crippen molar-refractivity contribution in [2.75, 3.05) is 18.9 Å². The Labute approximate surface area is 121 Å². The number of nitrogens with zero attached hydrogens (tertiary/aromatic N) is 2. The first-order valence-electron chi connectivity index (χ1n) is 7.59. The van der Waals surface area contributed by atoms with Gasteiger partial charge in [0.05, 0.1) is 0 Å². The number of amides is 1. The Balaban J connectivity index is 2.07. The second kappa shape index (κ2) is 6.73. The van der Waals surface area contributed by atoms with E-state index in [9.17, 15) is 4.79 Å². The summed E-state index contributed by atoms with van der Waals surface area (Å²) in [4.78, 5) is 18.7. The Hall–Kier alpha value is -1.58. The van der Waals surface area contributed by atoms with E-state index in [1.165, 1.54) is 12.8 Å². The van der Waals surface area contributed by atoms with Crippen molar-refractivity contribution in [1.82, 2.24) is 9.88 Å². The topological polar surface area (TPSA) is 45.2 Å². The van der Waals surface area contributed by atoms with Crippen molar-refractivity contribution in [2.24, 2.45) is 5.92 Å². The molecule has 1 aliphatic rings. The highest BCUT2D eigenvalue weighted by molar-refractivity contribution is 5.93. The number of anilines is 1. The Bertz CT molecular complexity index is 461. The second-order valence-electron chi connectivity index (χ2n) is 5.80. The molecule has 0 saturated heterocycles. The lowest BCUT2D eigenvalue weighted by molar-refractivity contribution is 0.0666. The van der Waals surface area contributed by atoms with Gasteiger partial charge in [-0.3, -0.25) is 9.78 Å². The first-order valence-corrected chi connectivity index (χ1v) is 7.59. The van der Waals surface area contributed by atoms with Crippen LogP contribution in [0.3, 0.4) is 0 Å². The van der Waals surface area contributed by atoms with Crippen LogP contribution >= 0.6 is 0 Å². The highest BCUT2D eigenvalue weighted by atomic mass is 16.2. The van der Waals surface area contributed by atoms with E-state index >= 15 is 0 Å². The zero-order chi connectivity index (χ0) is 14.5. The van der Waals surface area contributed by atoms with Crippen molar-refractivity contribution in [1.29, 1.82) is 0 Å². The van der Waals surface area contributed by atoms with Crippen LogP contribution in [0.5, 0.6) is 0 Å². The Morgan fingerprint density at radius 2 is 2.30 bits per heavy atom. The molecule has 0 aromatic carbocycles. The van der Waals surface area contributed by atoms with Gasteiger partial charge in [-0.2, -0.15) is 0 Å². The molecule has 4 heteroatoms. The average Bonchev–Trinajstić information content (AvgIpc) is 2.46. The summed E-state index contributed by atoms with van der Waals surface area (Å²) in [5.74, 6) is 0.744. The van der Waals surface area contributed by atoms with Crippen molar-refractivity contribution in [2.45, 2.75) is 45.6 Å². The molecular formula is C16H25N3O.